The zero-order valence-corrected chi connectivity index (χ0v) is 15.2. The molecular weight excluding hydrogens is 356 g/mol. The molecule has 2 N–H and O–H groups in total. The number of benzene rings is 2. The van der Waals surface area contributed by atoms with Crippen LogP contribution in [-0.2, 0) is 13.0 Å². The molecule has 1 aliphatic rings. The fourth-order valence-electron chi connectivity index (χ4n) is 2.86. The molecule has 1 atom stereocenters. The summed E-state index contributed by atoms with van der Waals surface area (Å²) in [5.41, 5.74) is 8.01. The van der Waals surface area contributed by atoms with Gasteiger partial charge in [-0.1, -0.05) is 41.7 Å². The Hall–Kier alpha value is -2.08. The summed E-state index contributed by atoms with van der Waals surface area (Å²) < 4.78 is 12.0. The Bertz CT molecular complexity index is 838. The molecular formula is C19H19ClN2O2S. The second kappa shape index (κ2) is 7.87. The van der Waals surface area contributed by atoms with E-state index in [4.69, 9.17) is 15.2 Å². The third kappa shape index (κ3) is 3.95. The van der Waals surface area contributed by atoms with Crippen molar-refractivity contribution < 1.29 is 9.47 Å². The van der Waals surface area contributed by atoms with Crippen LogP contribution in [0, 0.1) is 0 Å². The van der Waals surface area contributed by atoms with Crippen LogP contribution in [0.5, 0.6) is 16.7 Å². The van der Waals surface area contributed by atoms with E-state index in [2.05, 4.69) is 29.2 Å². The van der Waals surface area contributed by atoms with E-state index in [1.54, 1.807) is 6.20 Å². The molecule has 2 heterocycles. The molecule has 0 bridgehead atoms. The van der Waals surface area contributed by atoms with Crippen LogP contribution in [0.15, 0.2) is 54.7 Å². The van der Waals surface area contributed by atoms with Gasteiger partial charge in [0.25, 0.3) is 5.19 Å². The van der Waals surface area contributed by atoms with Crippen molar-refractivity contribution in [2.45, 2.75) is 25.5 Å². The van der Waals surface area contributed by atoms with Crippen LogP contribution in [0.3, 0.4) is 0 Å². The van der Waals surface area contributed by atoms with Crippen LogP contribution in [0.2, 0.25) is 0 Å². The Morgan fingerprint density at radius 2 is 2.04 bits per heavy atom. The van der Waals surface area contributed by atoms with Gasteiger partial charge in [0.05, 0.1) is 0 Å². The topological polar surface area (TPSA) is 57.4 Å². The Morgan fingerprint density at radius 1 is 1.20 bits per heavy atom. The molecule has 25 heavy (non-hydrogen) atoms. The van der Waals surface area contributed by atoms with Crippen molar-refractivity contribution in [1.82, 2.24) is 4.98 Å². The number of aromatic nitrogens is 1. The molecule has 0 spiro atoms. The van der Waals surface area contributed by atoms with Crippen molar-refractivity contribution in [3.63, 3.8) is 0 Å². The summed E-state index contributed by atoms with van der Waals surface area (Å²) in [7, 11) is 0. The van der Waals surface area contributed by atoms with Crippen LogP contribution in [-0.4, -0.2) is 4.98 Å². The number of thiazole rings is 1. The van der Waals surface area contributed by atoms with Gasteiger partial charge < -0.3 is 15.2 Å². The Balaban J connectivity index is 0.00000182. The Kier molecular flexibility index (Phi) is 5.58. The number of ether oxygens (including phenoxy) is 2. The van der Waals surface area contributed by atoms with Gasteiger partial charge in [-0.15, -0.1) is 12.4 Å². The summed E-state index contributed by atoms with van der Waals surface area (Å²) in [6.07, 6.45) is 3.82. The van der Waals surface area contributed by atoms with Gasteiger partial charge in [0, 0.05) is 17.6 Å². The van der Waals surface area contributed by atoms with Crippen LogP contribution >= 0.6 is 23.7 Å². The van der Waals surface area contributed by atoms with Gasteiger partial charge in [-0.25, -0.2) is 4.98 Å². The number of hydrogen-bond donors (Lipinski definition) is 1. The summed E-state index contributed by atoms with van der Waals surface area (Å²) in [6.45, 7) is 0.486. The number of fused-ring (bicyclic) bond motifs is 1. The zero-order valence-electron chi connectivity index (χ0n) is 13.6. The van der Waals surface area contributed by atoms with Gasteiger partial charge in [-0.2, -0.15) is 0 Å². The van der Waals surface area contributed by atoms with Crippen molar-refractivity contribution in [2.24, 2.45) is 5.73 Å². The molecule has 0 amide bonds. The van der Waals surface area contributed by atoms with Gasteiger partial charge in [-0.3, -0.25) is 0 Å². The maximum absolute atomic E-state index is 6.16. The van der Waals surface area contributed by atoms with Gasteiger partial charge in [0.15, 0.2) is 0 Å². The van der Waals surface area contributed by atoms with E-state index in [0.717, 1.165) is 29.2 Å². The Labute approximate surface area is 157 Å². The van der Waals surface area contributed by atoms with E-state index in [-0.39, 0.29) is 18.5 Å². The molecule has 130 valence electrons. The third-order valence-corrected chi connectivity index (χ3v) is 4.98. The van der Waals surface area contributed by atoms with Crippen LogP contribution in [0.4, 0.5) is 0 Å². The maximum Gasteiger partial charge on any atom is 0.278 e. The predicted octanol–water partition coefficient (Wildman–Crippen LogP) is 4.88. The van der Waals surface area contributed by atoms with Crippen LogP contribution < -0.4 is 15.2 Å². The first-order valence-corrected chi connectivity index (χ1v) is 8.80. The molecule has 4 nitrogen and oxygen atoms in total. The molecule has 0 fully saturated rings. The fraction of sp³-hybridized carbons (Fsp3) is 0.211. The van der Waals surface area contributed by atoms with E-state index in [1.807, 2.05) is 24.3 Å². The monoisotopic (exact) mass is 374 g/mol. The molecule has 1 aliphatic heterocycles. The molecule has 1 aromatic heterocycles. The first-order valence-electron chi connectivity index (χ1n) is 7.99. The average molecular weight is 375 g/mol. The van der Waals surface area contributed by atoms with E-state index in [0.29, 0.717) is 11.7 Å². The smallest absolute Gasteiger partial charge is 0.278 e. The van der Waals surface area contributed by atoms with Gasteiger partial charge in [0.1, 0.15) is 17.6 Å². The maximum atomic E-state index is 6.16. The summed E-state index contributed by atoms with van der Waals surface area (Å²) >= 11 is 1.47. The summed E-state index contributed by atoms with van der Waals surface area (Å²) in [4.78, 5) is 5.24. The van der Waals surface area contributed by atoms with Crippen molar-refractivity contribution >= 4 is 23.7 Å². The number of rotatable bonds is 4. The first kappa shape index (κ1) is 17.7. The minimum Gasteiger partial charge on any atom is -0.485 e. The summed E-state index contributed by atoms with van der Waals surface area (Å²) in [5, 5.41) is 0.620. The fourth-order valence-corrected chi connectivity index (χ4v) is 3.52. The molecule has 0 saturated carbocycles. The number of aryl methyl sites for hydroxylation is 1. The summed E-state index contributed by atoms with van der Waals surface area (Å²) in [6, 6.07) is 16.3. The van der Waals surface area contributed by atoms with Gasteiger partial charge in [0.2, 0.25) is 0 Å². The first-order chi connectivity index (χ1) is 11.8. The minimum absolute atomic E-state index is 0. The third-order valence-electron chi connectivity index (χ3n) is 4.09. The highest BCUT2D eigenvalue weighted by Crippen LogP contribution is 2.37. The molecule has 1 unspecified atom stereocenters. The lowest BCUT2D eigenvalue weighted by Crippen LogP contribution is -2.15. The second-order valence-electron chi connectivity index (χ2n) is 5.72. The number of hydrogen-bond acceptors (Lipinski definition) is 5. The lowest BCUT2D eigenvalue weighted by Gasteiger charge is -2.26. The van der Waals surface area contributed by atoms with E-state index in [9.17, 15) is 0 Å². The quantitative estimate of drug-likeness (QED) is 0.706. The highest BCUT2D eigenvalue weighted by molar-refractivity contribution is 7.13. The molecule has 4 rings (SSSR count). The predicted molar refractivity (Wildman–Crippen MR) is 102 cm³/mol. The van der Waals surface area contributed by atoms with E-state index in [1.165, 1.54) is 22.5 Å². The zero-order chi connectivity index (χ0) is 16.4. The van der Waals surface area contributed by atoms with E-state index >= 15 is 0 Å². The van der Waals surface area contributed by atoms with Crippen LogP contribution in [0.1, 0.15) is 28.5 Å². The normalized spacial score (nSPS) is 15.6. The molecule has 0 saturated heterocycles. The molecule has 0 radical (unpaired) electrons. The van der Waals surface area contributed by atoms with Crippen molar-refractivity contribution in [3.05, 3.63) is 70.7 Å². The van der Waals surface area contributed by atoms with Crippen molar-refractivity contribution in [2.75, 3.05) is 0 Å². The molecule has 2 aromatic carbocycles. The largest absolute Gasteiger partial charge is 0.485 e. The summed E-state index contributed by atoms with van der Waals surface area (Å²) in [5.74, 6) is 1.72. The van der Waals surface area contributed by atoms with Gasteiger partial charge in [-0.05, 0) is 42.2 Å². The van der Waals surface area contributed by atoms with Crippen molar-refractivity contribution in [3.8, 4) is 16.7 Å². The number of nitrogens with zero attached hydrogens (tertiary/aromatic N) is 1. The number of halogens is 1. The highest BCUT2D eigenvalue weighted by atomic mass is 35.5. The lowest BCUT2D eigenvalue weighted by molar-refractivity contribution is 0.176. The standard InChI is InChI=1S/C19H18N2O2S.ClH/c20-11-16-12-21-19(24-16)22-15-7-9-18-14(10-15)6-8-17(23-18)13-4-2-1-3-5-13;/h1-5,7,9-10,12,17H,6,8,11,20H2;1H. The van der Waals surface area contributed by atoms with Crippen molar-refractivity contribution in [1.29, 1.82) is 0 Å². The second-order valence-corrected chi connectivity index (χ2v) is 6.80. The SMILES string of the molecule is Cl.NCc1cnc(Oc2ccc3c(c2)CCC(c2ccccc2)O3)s1. The molecule has 0 aliphatic carbocycles. The minimum atomic E-state index is 0. The average Bonchev–Trinajstić information content (AvgIpc) is 3.09. The molecule has 3 aromatic rings. The highest BCUT2D eigenvalue weighted by Gasteiger charge is 2.21. The number of nitrogens with two attached hydrogens (primary N) is 1. The van der Waals surface area contributed by atoms with E-state index < -0.39 is 0 Å². The van der Waals surface area contributed by atoms with Crippen LogP contribution in [0.25, 0.3) is 0 Å². The molecule has 6 heteroatoms. The Morgan fingerprint density at radius 3 is 2.80 bits per heavy atom. The van der Waals surface area contributed by atoms with Gasteiger partial charge >= 0.3 is 0 Å². The lowest BCUT2D eigenvalue weighted by atomic mass is 9.97.